The number of ether oxygens (including phenoxy) is 2. The number of likely N-dealkylation sites (N-methyl/N-ethyl adjacent to an activating group) is 1. The van der Waals surface area contributed by atoms with E-state index < -0.39 is 6.04 Å². The molecule has 6 nitrogen and oxygen atoms in total. The summed E-state index contributed by atoms with van der Waals surface area (Å²) < 4.78 is 11.2. The van der Waals surface area contributed by atoms with Crippen LogP contribution >= 0.6 is 0 Å². The smallest absolute Gasteiger partial charge is 0.242 e. The Morgan fingerprint density at radius 3 is 2.40 bits per heavy atom. The number of carbonyl (C=O) groups is 2. The molecule has 0 aliphatic carbocycles. The van der Waals surface area contributed by atoms with Crippen LogP contribution in [0.15, 0.2) is 42.5 Å². The van der Waals surface area contributed by atoms with E-state index in [1.165, 1.54) is 0 Å². The van der Waals surface area contributed by atoms with Gasteiger partial charge in [0.2, 0.25) is 11.8 Å². The molecule has 2 aromatic rings. The molecule has 2 aromatic carbocycles. The van der Waals surface area contributed by atoms with Gasteiger partial charge in [-0.05, 0) is 50.5 Å². The van der Waals surface area contributed by atoms with E-state index in [1.54, 1.807) is 11.8 Å². The lowest BCUT2D eigenvalue weighted by Gasteiger charge is -2.29. The maximum absolute atomic E-state index is 13.1. The predicted molar refractivity (Wildman–Crippen MR) is 116 cm³/mol. The number of hydrogen-bond acceptors (Lipinski definition) is 4. The Kier molecular flexibility index (Phi) is 7.33. The van der Waals surface area contributed by atoms with Gasteiger partial charge in [0.15, 0.2) is 11.5 Å². The van der Waals surface area contributed by atoms with E-state index in [4.69, 9.17) is 9.47 Å². The average Bonchev–Trinajstić information content (AvgIpc) is 2.76. The summed E-state index contributed by atoms with van der Waals surface area (Å²) in [5.41, 5.74) is 3.17. The lowest BCUT2D eigenvalue weighted by atomic mass is 10.1. The number of nitrogens with zero attached hydrogens (tertiary/aromatic N) is 1. The highest BCUT2D eigenvalue weighted by molar-refractivity contribution is 5.87. The van der Waals surface area contributed by atoms with Gasteiger partial charge in [-0.15, -0.1) is 0 Å². The molecule has 0 fully saturated rings. The largest absolute Gasteiger partial charge is 0.486 e. The molecule has 1 aliphatic rings. The standard InChI is InChI=1S/C24H30N2O4/c1-4-25-24(28)18(3)26(16-20-7-5-17(2)6-8-20)23(27)12-10-19-9-11-21-22(15-19)30-14-13-29-21/h5-9,11,15,18H,4,10,12-14,16H2,1-3H3,(H,25,28)/t18-/m1/s1. The first kappa shape index (κ1) is 21.7. The molecule has 160 valence electrons. The van der Waals surface area contributed by atoms with Crippen LogP contribution in [0.2, 0.25) is 0 Å². The fourth-order valence-corrected chi connectivity index (χ4v) is 3.43. The SMILES string of the molecule is CCNC(=O)[C@@H](C)N(Cc1ccc(C)cc1)C(=O)CCc1ccc2c(c1)OCCO2. The third-order valence-corrected chi connectivity index (χ3v) is 5.23. The molecule has 1 aliphatic heterocycles. The molecule has 0 unspecified atom stereocenters. The van der Waals surface area contributed by atoms with Crippen LogP contribution in [0.5, 0.6) is 11.5 Å². The normalized spacial score (nSPS) is 13.4. The molecule has 0 spiro atoms. The van der Waals surface area contributed by atoms with Crippen LogP contribution in [0.4, 0.5) is 0 Å². The van der Waals surface area contributed by atoms with Gasteiger partial charge in [-0.25, -0.2) is 0 Å². The van der Waals surface area contributed by atoms with Crippen molar-refractivity contribution in [3.05, 3.63) is 59.2 Å². The number of hydrogen-bond donors (Lipinski definition) is 1. The Labute approximate surface area is 178 Å². The van der Waals surface area contributed by atoms with Crippen molar-refractivity contribution in [3.63, 3.8) is 0 Å². The van der Waals surface area contributed by atoms with Gasteiger partial charge in [-0.2, -0.15) is 0 Å². The van der Waals surface area contributed by atoms with Crippen molar-refractivity contribution < 1.29 is 19.1 Å². The minimum atomic E-state index is -0.543. The Morgan fingerprint density at radius 2 is 1.70 bits per heavy atom. The molecule has 2 amide bonds. The second kappa shape index (κ2) is 10.1. The minimum absolute atomic E-state index is 0.0517. The number of benzene rings is 2. The summed E-state index contributed by atoms with van der Waals surface area (Å²) in [6, 6.07) is 13.3. The number of aryl methyl sites for hydroxylation is 2. The first-order chi connectivity index (χ1) is 14.5. The van der Waals surface area contributed by atoms with Gasteiger partial charge in [0.05, 0.1) is 0 Å². The number of amides is 2. The van der Waals surface area contributed by atoms with Crippen molar-refractivity contribution in [2.75, 3.05) is 19.8 Å². The minimum Gasteiger partial charge on any atom is -0.486 e. The summed E-state index contributed by atoms with van der Waals surface area (Å²) in [5, 5.41) is 2.82. The number of rotatable bonds is 8. The molecule has 1 atom stereocenters. The fourth-order valence-electron chi connectivity index (χ4n) is 3.43. The zero-order chi connectivity index (χ0) is 21.5. The Hall–Kier alpha value is -3.02. The van der Waals surface area contributed by atoms with Crippen molar-refractivity contribution >= 4 is 11.8 Å². The summed E-state index contributed by atoms with van der Waals surface area (Å²) in [6.45, 7) is 7.70. The molecule has 30 heavy (non-hydrogen) atoms. The van der Waals surface area contributed by atoms with E-state index in [0.717, 1.165) is 28.2 Å². The Balaban J connectivity index is 1.70. The first-order valence-corrected chi connectivity index (χ1v) is 10.5. The summed E-state index contributed by atoms with van der Waals surface area (Å²) >= 11 is 0. The maximum Gasteiger partial charge on any atom is 0.242 e. The van der Waals surface area contributed by atoms with Crippen LogP contribution < -0.4 is 14.8 Å². The maximum atomic E-state index is 13.1. The van der Waals surface area contributed by atoms with Crippen molar-refractivity contribution in [1.29, 1.82) is 0 Å². The van der Waals surface area contributed by atoms with E-state index in [2.05, 4.69) is 5.32 Å². The molecule has 0 saturated heterocycles. The summed E-state index contributed by atoms with van der Waals surface area (Å²) in [5.74, 6) is 1.27. The third kappa shape index (κ3) is 5.53. The van der Waals surface area contributed by atoms with Gasteiger partial charge >= 0.3 is 0 Å². The van der Waals surface area contributed by atoms with Gasteiger partial charge in [-0.3, -0.25) is 9.59 Å². The van der Waals surface area contributed by atoms with E-state index in [-0.39, 0.29) is 11.8 Å². The molecule has 6 heteroatoms. The number of fused-ring (bicyclic) bond motifs is 1. The van der Waals surface area contributed by atoms with Crippen molar-refractivity contribution in [2.45, 2.75) is 46.2 Å². The lowest BCUT2D eigenvalue weighted by molar-refractivity contribution is -0.140. The molecule has 0 aromatic heterocycles. The van der Waals surface area contributed by atoms with E-state index >= 15 is 0 Å². The van der Waals surface area contributed by atoms with Crippen molar-refractivity contribution in [3.8, 4) is 11.5 Å². The summed E-state index contributed by atoms with van der Waals surface area (Å²) in [4.78, 5) is 27.2. The van der Waals surface area contributed by atoms with E-state index in [9.17, 15) is 9.59 Å². The molecule has 0 radical (unpaired) electrons. The van der Waals surface area contributed by atoms with Gasteiger partial charge in [0.1, 0.15) is 19.3 Å². The van der Waals surface area contributed by atoms with E-state index in [1.807, 2.05) is 56.3 Å². The monoisotopic (exact) mass is 410 g/mol. The molecule has 1 N–H and O–H groups in total. The van der Waals surface area contributed by atoms with Gasteiger partial charge < -0.3 is 19.7 Å². The van der Waals surface area contributed by atoms with Crippen molar-refractivity contribution in [2.24, 2.45) is 0 Å². The first-order valence-electron chi connectivity index (χ1n) is 10.5. The lowest BCUT2D eigenvalue weighted by Crippen LogP contribution is -2.47. The molecule has 0 saturated carbocycles. The summed E-state index contributed by atoms with van der Waals surface area (Å²) in [7, 11) is 0. The highest BCUT2D eigenvalue weighted by Gasteiger charge is 2.25. The Morgan fingerprint density at radius 1 is 1.03 bits per heavy atom. The highest BCUT2D eigenvalue weighted by atomic mass is 16.6. The quantitative estimate of drug-likeness (QED) is 0.725. The average molecular weight is 411 g/mol. The fraction of sp³-hybridized carbons (Fsp3) is 0.417. The zero-order valence-electron chi connectivity index (χ0n) is 17.9. The van der Waals surface area contributed by atoms with Crippen LogP contribution in [0.1, 0.15) is 37.0 Å². The van der Waals surface area contributed by atoms with Crippen LogP contribution in [-0.4, -0.2) is 42.5 Å². The van der Waals surface area contributed by atoms with E-state index in [0.29, 0.717) is 39.1 Å². The number of carbonyl (C=O) groups excluding carboxylic acids is 2. The van der Waals surface area contributed by atoms with Crippen LogP contribution in [-0.2, 0) is 22.6 Å². The molecule has 3 rings (SSSR count). The highest BCUT2D eigenvalue weighted by Crippen LogP contribution is 2.31. The zero-order valence-corrected chi connectivity index (χ0v) is 17.9. The molecular formula is C24H30N2O4. The van der Waals surface area contributed by atoms with Gasteiger partial charge in [-0.1, -0.05) is 35.9 Å². The van der Waals surface area contributed by atoms with Gasteiger partial charge in [0.25, 0.3) is 0 Å². The van der Waals surface area contributed by atoms with Crippen LogP contribution in [0.25, 0.3) is 0 Å². The molecule has 0 bridgehead atoms. The second-order valence-corrected chi connectivity index (χ2v) is 7.56. The van der Waals surface area contributed by atoms with Crippen molar-refractivity contribution in [1.82, 2.24) is 10.2 Å². The molecule has 1 heterocycles. The third-order valence-electron chi connectivity index (χ3n) is 5.23. The van der Waals surface area contributed by atoms with Crippen LogP contribution in [0, 0.1) is 6.92 Å². The van der Waals surface area contributed by atoms with Crippen LogP contribution in [0.3, 0.4) is 0 Å². The second-order valence-electron chi connectivity index (χ2n) is 7.56. The summed E-state index contributed by atoms with van der Waals surface area (Å²) in [6.07, 6.45) is 0.886. The Bertz CT molecular complexity index is 879. The predicted octanol–water partition coefficient (Wildman–Crippen LogP) is 3.25. The topological polar surface area (TPSA) is 67.9 Å². The number of nitrogens with one attached hydrogen (secondary N) is 1. The molecular weight excluding hydrogens is 380 g/mol. The van der Waals surface area contributed by atoms with Gasteiger partial charge in [0, 0.05) is 19.5 Å².